The molecule has 1 aliphatic rings. The number of hydrogen-bond acceptors (Lipinski definition) is 5. The third kappa shape index (κ3) is 2.66. The minimum Gasteiger partial charge on any atom is -0.492 e. The van der Waals surface area contributed by atoms with Gasteiger partial charge in [0.25, 0.3) is 0 Å². The number of fused-ring (bicyclic) bond motifs is 1. The zero-order valence-electron chi connectivity index (χ0n) is 12.2. The minimum absolute atomic E-state index is 0.0711. The molecule has 3 rings (SSSR count). The number of rotatable bonds is 2. The van der Waals surface area contributed by atoms with Crippen molar-refractivity contribution < 1.29 is 27.5 Å². The van der Waals surface area contributed by atoms with E-state index in [4.69, 9.17) is 4.74 Å². The van der Waals surface area contributed by atoms with Crippen LogP contribution in [0.15, 0.2) is 42.3 Å². The van der Waals surface area contributed by atoms with Gasteiger partial charge in [-0.2, -0.15) is 13.2 Å². The van der Waals surface area contributed by atoms with Gasteiger partial charge in [-0.1, -0.05) is 0 Å². The van der Waals surface area contributed by atoms with Crippen molar-refractivity contribution >= 4 is 11.6 Å². The lowest BCUT2D eigenvalue weighted by Crippen LogP contribution is -2.19. The summed E-state index contributed by atoms with van der Waals surface area (Å²) in [4.78, 5) is 31.5. The Morgan fingerprint density at radius 3 is 2.42 bits per heavy atom. The molecule has 0 N–H and O–H groups in total. The molecule has 0 aliphatic heterocycles. The number of hydrogen-bond donors (Lipinski definition) is 0. The molecule has 0 atom stereocenters. The maximum Gasteiger partial charge on any atom is 0.433 e. The van der Waals surface area contributed by atoms with Gasteiger partial charge in [0.1, 0.15) is 11.4 Å². The van der Waals surface area contributed by atoms with E-state index in [9.17, 15) is 22.8 Å². The molecule has 24 heavy (non-hydrogen) atoms. The molecule has 8 heteroatoms. The first-order valence-corrected chi connectivity index (χ1v) is 6.70. The molecular formula is C16H9F3N2O3. The summed E-state index contributed by atoms with van der Waals surface area (Å²) >= 11 is 0. The fraction of sp³-hybridized carbons (Fsp3) is 0.125. The maximum absolute atomic E-state index is 12.5. The standard InChI is InChI=1S/C16H9F3N2O3/c1-24-12-6-11(22)14-9(15(12)23)3-4-10(21-14)8-2-5-13(20-7-8)16(17,18)19/h2-7H,1H3. The Morgan fingerprint density at radius 1 is 1.08 bits per heavy atom. The van der Waals surface area contributed by atoms with Gasteiger partial charge >= 0.3 is 6.18 Å². The predicted octanol–water partition coefficient (Wildman–Crippen LogP) is 3.07. The Hall–Kier alpha value is -3.03. The lowest BCUT2D eigenvalue weighted by Gasteiger charge is -2.14. The van der Waals surface area contributed by atoms with Crippen molar-refractivity contribution in [2.45, 2.75) is 6.18 Å². The van der Waals surface area contributed by atoms with Crippen LogP contribution in [0.5, 0.6) is 0 Å². The summed E-state index contributed by atoms with van der Waals surface area (Å²) in [7, 11) is 1.28. The highest BCUT2D eigenvalue weighted by Crippen LogP contribution is 2.29. The lowest BCUT2D eigenvalue weighted by atomic mass is 9.97. The summed E-state index contributed by atoms with van der Waals surface area (Å²) in [5.74, 6) is -1.07. The van der Waals surface area contributed by atoms with Crippen LogP contribution in [0.25, 0.3) is 11.3 Å². The molecule has 0 fully saturated rings. The van der Waals surface area contributed by atoms with E-state index in [-0.39, 0.29) is 22.7 Å². The topological polar surface area (TPSA) is 69.2 Å². The lowest BCUT2D eigenvalue weighted by molar-refractivity contribution is -0.141. The number of aromatic nitrogens is 2. The van der Waals surface area contributed by atoms with Gasteiger partial charge in [0.05, 0.1) is 18.4 Å². The second-order valence-corrected chi connectivity index (χ2v) is 4.93. The molecule has 0 saturated heterocycles. The van der Waals surface area contributed by atoms with Gasteiger partial charge in [-0.3, -0.25) is 14.6 Å². The number of methoxy groups -OCH3 is 1. The minimum atomic E-state index is -4.54. The molecule has 0 saturated carbocycles. The molecule has 2 heterocycles. The Bertz CT molecular complexity index is 871. The van der Waals surface area contributed by atoms with E-state index in [1.54, 1.807) is 0 Å². The van der Waals surface area contributed by atoms with Crippen molar-refractivity contribution in [3.63, 3.8) is 0 Å². The van der Waals surface area contributed by atoms with E-state index < -0.39 is 23.4 Å². The first-order valence-electron chi connectivity index (χ1n) is 6.70. The van der Waals surface area contributed by atoms with E-state index in [0.717, 1.165) is 18.3 Å². The van der Waals surface area contributed by atoms with Crippen LogP contribution in [0.1, 0.15) is 26.5 Å². The number of carbonyl (C=O) groups excluding carboxylic acids is 2. The van der Waals surface area contributed by atoms with Crippen LogP contribution in [0, 0.1) is 0 Å². The molecule has 0 bridgehead atoms. The van der Waals surface area contributed by atoms with E-state index in [2.05, 4.69) is 9.97 Å². The quantitative estimate of drug-likeness (QED) is 0.844. The van der Waals surface area contributed by atoms with E-state index in [0.29, 0.717) is 5.56 Å². The average Bonchev–Trinajstić information content (AvgIpc) is 2.57. The van der Waals surface area contributed by atoms with Crippen LogP contribution < -0.4 is 0 Å². The van der Waals surface area contributed by atoms with Gasteiger partial charge < -0.3 is 4.74 Å². The molecule has 0 spiro atoms. The van der Waals surface area contributed by atoms with E-state index in [1.807, 2.05) is 0 Å². The number of Topliss-reactive ketones (excluding diaryl/α,β-unsaturated/α-hetero) is 1. The predicted molar refractivity (Wildman–Crippen MR) is 76.2 cm³/mol. The molecule has 1 aliphatic carbocycles. The number of pyridine rings is 2. The maximum atomic E-state index is 12.5. The van der Waals surface area contributed by atoms with Crippen molar-refractivity contribution in [1.82, 2.24) is 9.97 Å². The number of allylic oxidation sites excluding steroid dienone is 2. The molecule has 0 amide bonds. The summed E-state index contributed by atoms with van der Waals surface area (Å²) in [6, 6.07) is 4.86. The number of halogens is 3. The SMILES string of the molecule is COC1=CC(=O)c2nc(-c3ccc(C(F)(F)F)nc3)ccc2C1=O. The Kier molecular flexibility index (Phi) is 3.67. The third-order valence-electron chi connectivity index (χ3n) is 3.43. The molecule has 5 nitrogen and oxygen atoms in total. The first-order chi connectivity index (χ1) is 11.3. The molecule has 0 unspecified atom stereocenters. The van der Waals surface area contributed by atoms with Crippen LogP contribution in [0.4, 0.5) is 13.2 Å². The van der Waals surface area contributed by atoms with Crippen molar-refractivity contribution in [1.29, 1.82) is 0 Å². The third-order valence-corrected chi connectivity index (χ3v) is 3.43. The van der Waals surface area contributed by atoms with Crippen molar-refractivity contribution in [2.24, 2.45) is 0 Å². The highest BCUT2D eigenvalue weighted by Gasteiger charge is 2.32. The largest absolute Gasteiger partial charge is 0.492 e. The summed E-state index contributed by atoms with van der Waals surface area (Å²) in [6.45, 7) is 0. The van der Waals surface area contributed by atoms with Crippen LogP contribution in [-0.4, -0.2) is 28.6 Å². The Labute approximate surface area is 133 Å². The fourth-order valence-electron chi connectivity index (χ4n) is 2.24. The van der Waals surface area contributed by atoms with Crippen LogP contribution >= 0.6 is 0 Å². The summed E-state index contributed by atoms with van der Waals surface area (Å²) in [6.07, 6.45) is -2.49. The second kappa shape index (κ2) is 5.55. The van der Waals surface area contributed by atoms with Crippen molar-refractivity contribution in [3.05, 3.63) is 59.2 Å². The molecule has 122 valence electrons. The normalized spacial score (nSPS) is 14.2. The molecular weight excluding hydrogens is 325 g/mol. The highest BCUT2D eigenvalue weighted by molar-refractivity contribution is 6.23. The molecule has 0 radical (unpaired) electrons. The second-order valence-electron chi connectivity index (χ2n) is 4.93. The van der Waals surface area contributed by atoms with Gasteiger partial charge in [-0.05, 0) is 24.3 Å². The zero-order valence-corrected chi connectivity index (χ0v) is 12.2. The monoisotopic (exact) mass is 334 g/mol. The van der Waals surface area contributed by atoms with Gasteiger partial charge in [-0.15, -0.1) is 0 Å². The first kappa shape index (κ1) is 15.9. The van der Waals surface area contributed by atoms with Gasteiger partial charge in [0, 0.05) is 17.8 Å². The summed E-state index contributed by atoms with van der Waals surface area (Å²) in [5, 5.41) is 0. The Balaban J connectivity index is 2.01. The van der Waals surface area contributed by atoms with Crippen molar-refractivity contribution in [3.8, 4) is 11.3 Å². The number of ketones is 2. The fourth-order valence-corrected chi connectivity index (χ4v) is 2.24. The molecule has 0 aromatic carbocycles. The van der Waals surface area contributed by atoms with Crippen LogP contribution in [0.3, 0.4) is 0 Å². The number of ether oxygens (including phenoxy) is 1. The number of carbonyl (C=O) groups is 2. The van der Waals surface area contributed by atoms with Crippen molar-refractivity contribution in [2.75, 3.05) is 7.11 Å². The zero-order chi connectivity index (χ0) is 17.5. The van der Waals surface area contributed by atoms with E-state index in [1.165, 1.54) is 25.3 Å². The highest BCUT2D eigenvalue weighted by atomic mass is 19.4. The number of nitrogens with zero attached hydrogens (tertiary/aromatic N) is 2. The number of alkyl halides is 3. The summed E-state index contributed by atoms with van der Waals surface area (Å²) in [5.41, 5.74) is -0.470. The van der Waals surface area contributed by atoms with Crippen LogP contribution in [-0.2, 0) is 10.9 Å². The Morgan fingerprint density at radius 2 is 1.83 bits per heavy atom. The van der Waals surface area contributed by atoms with Gasteiger partial charge in [0.15, 0.2) is 5.76 Å². The summed E-state index contributed by atoms with van der Waals surface area (Å²) < 4.78 is 42.4. The van der Waals surface area contributed by atoms with Gasteiger partial charge in [-0.25, -0.2) is 4.98 Å². The van der Waals surface area contributed by atoms with E-state index >= 15 is 0 Å². The van der Waals surface area contributed by atoms with Crippen LogP contribution in [0.2, 0.25) is 0 Å². The van der Waals surface area contributed by atoms with Gasteiger partial charge in [0.2, 0.25) is 11.6 Å². The molecule has 2 aromatic heterocycles. The average molecular weight is 334 g/mol. The smallest absolute Gasteiger partial charge is 0.433 e. The molecule has 2 aromatic rings.